The number of ether oxygens (including phenoxy) is 2. The van der Waals surface area contributed by atoms with E-state index in [0.717, 1.165) is 31.7 Å². The molecule has 0 unspecified atom stereocenters. The van der Waals surface area contributed by atoms with Gasteiger partial charge >= 0.3 is 0 Å². The zero-order valence-corrected chi connectivity index (χ0v) is 11.6. The van der Waals surface area contributed by atoms with E-state index in [0.29, 0.717) is 6.61 Å². The number of benzene rings is 1. The van der Waals surface area contributed by atoms with Crippen LogP contribution in [0, 0.1) is 13.8 Å². The van der Waals surface area contributed by atoms with Crippen LogP contribution >= 0.6 is 0 Å². The van der Waals surface area contributed by atoms with Crippen LogP contribution < -0.4 is 10.1 Å². The molecule has 0 saturated carbocycles. The van der Waals surface area contributed by atoms with Gasteiger partial charge in [-0.05, 0) is 51.4 Å². The van der Waals surface area contributed by atoms with E-state index >= 15 is 0 Å². The molecule has 3 nitrogen and oxygen atoms in total. The third-order valence-corrected chi connectivity index (χ3v) is 3.77. The molecule has 0 aromatic heterocycles. The Kier molecular flexibility index (Phi) is 4.25. The summed E-state index contributed by atoms with van der Waals surface area (Å²) in [6.07, 6.45) is 2.02. The van der Waals surface area contributed by atoms with Gasteiger partial charge in [-0.1, -0.05) is 17.7 Å². The van der Waals surface area contributed by atoms with Crippen molar-refractivity contribution in [3.8, 4) is 5.75 Å². The zero-order chi connectivity index (χ0) is 13.0. The Bertz CT molecular complexity index is 397. The maximum Gasteiger partial charge on any atom is 0.122 e. The van der Waals surface area contributed by atoms with Crippen molar-refractivity contribution < 1.29 is 9.47 Å². The Hall–Kier alpha value is -1.06. The minimum Gasteiger partial charge on any atom is -0.490 e. The lowest BCUT2D eigenvalue weighted by atomic mass is 9.93. The fourth-order valence-electron chi connectivity index (χ4n) is 2.46. The average Bonchev–Trinajstić information content (AvgIpc) is 2.39. The fourth-order valence-corrected chi connectivity index (χ4v) is 2.46. The number of nitrogens with one attached hydrogen (secondary N) is 1. The molecule has 0 radical (unpaired) electrons. The summed E-state index contributed by atoms with van der Waals surface area (Å²) in [7, 11) is 1.79. The molecule has 1 fully saturated rings. The van der Waals surface area contributed by atoms with Crippen LogP contribution in [0.1, 0.15) is 24.0 Å². The molecule has 1 aliphatic rings. The summed E-state index contributed by atoms with van der Waals surface area (Å²) in [6, 6.07) is 6.29. The Morgan fingerprint density at radius 1 is 1.22 bits per heavy atom. The number of piperidine rings is 1. The Labute approximate surface area is 109 Å². The van der Waals surface area contributed by atoms with Crippen LogP contribution in [0.25, 0.3) is 0 Å². The van der Waals surface area contributed by atoms with E-state index in [1.165, 1.54) is 11.1 Å². The van der Waals surface area contributed by atoms with Gasteiger partial charge in [-0.15, -0.1) is 0 Å². The minimum atomic E-state index is -0.122. The van der Waals surface area contributed by atoms with Crippen molar-refractivity contribution in [2.45, 2.75) is 32.3 Å². The van der Waals surface area contributed by atoms with Crippen molar-refractivity contribution in [1.82, 2.24) is 5.32 Å². The Morgan fingerprint density at radius 3 is 2.56 bits per heavy atom. The second-order valence-corrected chi connectivity index (χ2v) is 5.19. The van der Waals surface area contributed by atoms with Crippen molar-refractivity contribution in [3.63, 3.8) is 0 Å². The zero-order valence-electron chi connectivity index (χ0n) is 11.6. The second kappa shape index (κ2) is 5.72. The topological polar surface area (TPSA) is 30.5 Å². The van der Waals surface area contributed by atoms with Gasteiger partial charge in [-0.3, -0.25) is 0 Å². The maximum absolute atomic E-state index is 5.97. The van der Waals surface area contributed by atoms with E-state index < -0.39 is 0 Å². The highest BCUT2D eigenvalue weighted by Gasteiger charge is 2.32. The predicted octanol–water partition coefficient (Wildman–Crippen LogP) is 2.45. The largest absolute Gasteiger partial charge is 0.490 e. The van der Waals surface area contributed by atoms with E-state index in [2.05, 4.69) is 37.4 Å². The van der Waals surface area contributed by atoms with Gasteiger partial charge in [0.05, 0.1) is 0 Å². The highest BCUT2D eigenvalue weighted by Crippen LogP contribution is 2.26. The minimum absolute atomic E-state index is 0.122. The summed E-state index contributed by atoms with van der Waals surface area (Å²) >= 11 is 0. The van der Waals surface area contributed by atoms with Gasteiger partial charge in [0.15, 0.2) is 0 Å². The molecule has 1 heterocycles. The predicted molar refractivity (Wildman–Crippen MR) is 73.3 cm³/mol. The highest BCUT2D eigenvalue weighted by atomic mass is 16.5. The molecule has 0 spiro atoms. The monoisotopic (exact) mass is 249 g/mol. The molecule has 1 saturated heterocycles. The van der Waals surface area contributed by atoms with Crippen LogP contribution in [0.4, 0.5) is 0 Å². The molecular weight excluding hydrogens is 226 g/mol. The van der Waals surface area contributed by atoms with Crippen LogP contribution in [0.2, 0.25) is 0 Å². The van der Waals surface area contributed by atoms with Gasteiger partial charge < -0.3 is 14.8 Å². The van der Waals surface area contributed by atoms with Crippen molar-refractivity contribution >= 4 is 0 Å². The van der Waals surface area contributed by atoms with E-state index in [1.807, 2.05) is 0 Å². The van der Waals surface area contributed by atoms with Crippen LogP contribution in [0.3, 0.4) is 0 Å². The molecule has 2 rings (SSSR count). The second-order valence-electron chi connectivity index (χ2n) is 5.19. The van der Waals surface area contributed by atoms with Crippen LogP contribution in [-0.2, 0) is 4.74 Å². The number of hydrogen-bond acceptors (Lipinski definition) is 3. The van der Waals surface area contributed by atoms with Crippen molar-refractivity contribution in [1.29, 1.82) is 0 Å². The quantitative estimate of drug-likeness (QED) is 0.889. The third-order valence-electron chi connectivity index (χ3n) is 3.77. The lowest BCUT2D eigenvalue weighted by Crippen LogP contribution is -2.47. The third kappa shape index (κ3) is 3.03. The van der Waals surface area contributed by atoms with Gasteiger partial charge in [-0.25, -0.2) is 0 Å². The first kappa shape index (κ1) is 13.4. The van der Waals surface area contributed by atoms with Crippen LogP contribution in [0.5, 0.6) is 5.75 Å². The molecule has 0 amide bonds. The van der Waals surface area contributed by atoms with E-state index in [-0.39, 0.29) is 5.60 Å². The molecular formula is C15H23NO2. The standard InChI is InChI=1S/C15H23NO2/c1-12-4-5-14(13(2)10-12)18-11-15(17-3)6-8-16-9-7-15/h4-5,10,16H,6-9,11H2,1-3H3. The van der Waals surface area contributed by atoms with Gasteiger partial charge in [0, 0.05) is 7.11 Å². The summed E-state index contributed by atoms with van der Waals surface area (Å²) in [5.74, 6) is 0.968. The fraction of sp³-hybridized carbons (Fsp3) is 0.600. The lowest BCUT2D eigenvalue weighted by molar-refractivity contribution is -0.0641. The van der Waals surface area contributed by atoms with E-state index in [9.17, 15) is 0 Å². The summed E-state index contributed by atoms with van der Waals surface area (Å²) in [4.78, 5) is 0. The molecule has 1 aromatic rings. The number of aryl methyl sites for hydroxylation is 2. The smallest absolute Gasteiger partial charge is 0.122 e. The first-order chi connectivity index (χ1) is 8.65. The van der Waals surface area contributed by atoms with Crippen LogP contribution in [-0.4, -0.2) is 32.4 Å². The Balaban J connectivity index is 2.01. The average molecular weight is 249 g/mol. The van der Waals surface area contributed by atoms with Gasteiger partial charge in [-0.2, -0.15) is 0 Å². The van der Waals surface area contributed by atoms with Gasteiger partial charge in [0.25, 0.3) is 0 Å². The number of methoxy groups -OCH3 is 1. The molecule has 100 valence electrons. The summed E-state index contributed by atoms with van der Waals surface area (Å²) in [5, 5.41) is 3.36. The first-order valence-corrected chi connectivity index (χ1v) is 6.61. The van der Waals surface area contributed by atoms with Gasteiger partial charge in [0.2, 0.25) is 0 Å². The number of hydrogen-bond donors (Lipinski definition) is 1. The van der Waals surface area contributed by atoms with E-state index in [4.69, 9.17) is 9.47 Å². The first-order valence-electron chi connectivity index (χ1n) is 6.61. The molecule has 18 heavy (non-hydrogen) atoms. The molecule has 0 atom stereocenters. The van der Waals surface area contributed by atoms with Crippen molar-refractivity contribution in [2.24, 2.45) is 0 Å². The maximum atomic E-state index is 5.97. The van der Waals surface area contributed by atoms with Crippen molar-refractivity contribution in [3.05, 3.63) is 29.3 Å². The Morgan fingerprint density at radius 2 is 1.94 bits per heavy atom. The molecule has 1 N–H and O–H groups in total. The van der Waals surface area contributed by atoms with Crippen molar-refractivity contribution in [2.75, 3.05) is 26.8 Å². The number of rotatable bonds is 4. The normalized spacial score (nSPS) is 18.6. The van der Waals surface area contributed by atoms with E-state index in [1.54, 1.807) is 7.11 Å². The highest BCUT2D eigenvalue weighted by molar-refractivity contribution is 5.35. The summed E-state index contributed by atoms with van der Waals surface area (Å²) in [6.45, 7) is 6.83. The van der Waals surface area contributed by atoms with Gasteiger partial charge in [0.1, 0.15) is 18.0 Å². The molecule has 1 aromatic carbocycles. The molecule has 0 aliphatic carbocycles. The lowest BCUT2D eigenvalue weighted by Gasteiger charge is -2.36. The van der Waals surface area contributed by atoms with Crippen LogP contribution in [0.15, 0.2) is 18.2 Å². The summed E-state index contributed by atoms with van der Waals surface area (Å²) < 4.78 is 11.7. The SMILES string of the molecule is COC1(COc2ccc(C)cc2C)CCNCC1. The molecule has 1 aliphatic heterocycles. The summed E-state index contributed by atoms with van der Waals surface area (Å²) in [5.41, 5.74) is 2.33. The molecule has 0 bridgehead atoms. The molecule has 3 heteroatoms.